The van der Waals surface area contributed by atoms with E-state index in [-0.39, 0.29) is 18.6 Å². The summed E-state index contributed by atoms with van der Waals surface area (Å²) in [5.74, 6) is 0.642. The second-order valence-corrected chi connectivity index (χ2v) is 8.07. The Morgan fingerprint density at radius 1 is 1.23 bits per heavy atom. The Morgan fingerprint density at radius 3 is 2.73 bits per heavy atom. The van der Waals surface area contributed by atoms with E-state index in [1.54, 1.807) is 0 Å². The van der Waals surface area contributed by atoms with Gasteiger partial charge in [0.05, 0.1) is 6.04 Å². The van der Waals surface area contributed by atoms with Crippen LogP contribution in [0.25, 0.3) is 0 Å². The van der Waals surface area contributed by atoms with Crippen molar-refractivity contribution in [1.82, 2.24) is 25.0 Å². The average Bonchev–Trinajstić information content (AvgIpc) is 2.97. The summed E-state index contributed by atoms with van der Waals surface area (Å²) in [5, 5.41) is 11.7. The molecule has 0 bridgehead atoms. The molecule has 7 nitrogen and oxygen atoms in total. The molecule has 0 fully saturated rings. The van der Waals surface area contributed by atoms with Gasteiger partial charge in [0.1, 0.15) is 24.1 Å². The quantitative estimate of drug-likeness (QED) is 0.709. The van der Waals surface area contributed by atoms with Gasteiger partial charge < -0.3 is 14.6 Å². The zero-order valence-electron chi connectivity index (χ0n) is 17.7. The summed E-state index contributed by atoms with van der Waals surface area (Å²) in [5.41, 5.74) is 0.471. The lowest BCUT2D eigenvalue weighted by Crippen LogP contribution is -2.34. The molecule has 30 heavy (non-hydrogen) atoms. The van der Waals surface area contributed by atoms with Crippen molar-refractivity contribution in [2.24, 2.45) is 5.92 Å². The minimum Gasteiger partial charge on any atom is -0.375 e. The SMILES string of the molecule is COCC(=O)N[C@@H](CC(C)C)c1nnc2n1CCN(Cc1ccc(F)cc1F)CC2. The first-order valence-corrected chi connectivity index (χ1v) is 10.2. The van der Waals surface area contributed by atoms with E-state index in [0.29, 0.717) is 44.1 Å². The van der Waals surface area contributed by atoms with Gasteiger partial charge in [0.15, 0.2) is 5.82 Å². The Morgan fingerprint density at radius 2 is 2.03 bits per heavy atom. The van der Waals surface area contributed by atoms with Crippen LogP contribution in [0.15, 0.2) is 18.2 Å². The number of hydrogen-bond acceptors (Lipinski definition) is 5. The average molecular weight is 421 g/mol. The number of carbonyl (C=O) groups is 1. The summed E-state index contributed by atoms with van der Waals surface area (Å²) in [6, 6.07) is 3.43. The number of carbonyl (C=O) groups excluding carboxylic acids is 1. The van der Waals surface area contributed by atoms with Gasteiger partial charge in [0, 0.05) is 51.3 Å². The standard InChI is InChI=1S/C21H29F2N5O2/c1-14(2)10-18(24-20(29)13-30-3)21-26-25-19-6-7-27(8-9-28(19)21)12-15-4-5-16(22)11-17(15)23/h4-5,11,14,18H,6-10,12-13H2,1-3H3,(H,24,29)/t18-/m0/s1. The van der Waals surface area contributed by atoms with E-state index < -0.39 is 11.6 Å². The van der Waals surface area contributed by atoms with E-state index in [4.69, 9.17) is 4.74 Å². The highest BCUT2D eigenvalue weighted by Gasteiger charge is 2.26. The molecule has 1 aliphatic rings. The van der Waals surface area contributed by atoms with E-state index in [1.165, 1.54) is 19.2 Å². The van der Waals surface area contributed by atoms with Crippen LogP contribution in [-0.2, 0) is 29.0 Å². The minimum atomic E-state index is -0.574. The van der Waals surface area contributed by atoms with Crippen LogP contribution < -0.4 is 5.32 Å². The molecule has 164 valence electrons. The van der Waals surface area contributed by atoms with E-state index in [9.17, 15) is 13.6 Å². The molecule has 0 saturated heterocycles. The Bertz CT molecular complexity index is 871. The van der Waals surface area contributed by atoms with Crippen molar-refractivity contribution < 1.29 is 18.3 Å². The van der Waals surface area contributed by atoms with Crippen LogP contribution in [0.1, 0.15) is 43.5 Å². The molecule has 3 rings (SSSR count). The van der Waals surface area contributed by atoms with Gasteiger partial charge in [-0.05, 0) is 18.4 Å². The summed E-state index contributed by atoms with van der Waals surface area (Å²) in [6.45, 7) is 6.58. The number of aromatic nitrogens is 3. The molecule has 0 saturated carbocycles. The second-order valence-electron chi connectivity index (χ2n) is 8.07. The normalized spacial score (nSPS) is 15.7. The van der Waals surface area contributed by atoms with E-state index in [1.807, 2.05) is 0 Å². The monoisotopic (exact) mass is 421 g/mol. The van der Waals surface area contributed by atoms with Crippen molar-refractivity contribution in [2.75, 3.05) is 26.8 Å². The van der Waals surface area contributed by atoms with Crippen LogP contribution in [0, 0.1) is 17.6 Å². The molecule has 1 amide bonds. The maximum atomic E-state index is 14.0. The number of benzene rings is 1. The van der Waals surface area contributed by atoms with Crippen molar-refractivity contribution in [3.05, 3.63) is 47.0 Å². The number of nitrogens with one attached hydrogen (secondary N) is 1. The van der Waals surface area contributed by atoms with Crippen LogP contribution in [0.2, 0.25) is 0 Å². The number of hydrogen-bond donors (Lipinski definition) is 1. The van der Waals surface area contributed by atoms with Gasteiger partial charge in [-0.25, -0.2) is 8.78 Å². The Hall–Kier alpha value is -2.39. The molecule has 0 unspecified atom stereocenters. The highest BCUT2D eigenvalue weighted by Crippen LogP contribution is 2.23. The van der Waals surface area contributed by atoms with Gasteiger partial charge >= 0.3 is 0 Å². The molecule has 1 aromatic heterocycles. The summed E-state index contributed by atoms with van der Waals surface area (Å²) in [6.07, 6.45) is 1.40. The van der Waals surface area contributed by atoms with Crippen LogP contribution in [0.5, 0.6) is 0 Å². The fraction of sp³-hybridized carbons (Fsp3) is 0.571. The zero-order valence-corrected chi connectivity index (χ0v) is 17.7. The number of amides is 1. The maximum Gasteiger partial charge on any atom is 0.246 e. The first-order chi connectivity index (χ1) is 14.4. The molecule has 9 heteroatoms. The van der Waals surface area contributed by atoms with Crippen LogP contribution in [-0.4, -0.2) is 52.4 Å². The first kappa shape index (κ1) is 22.3. The van der Waals surface area contributed by atoms with Crippen LogP contribution in [0.4, 0.5) is 8.78 Å². The highest BCUT2D eigenvalue weighted by molar-refractivity contribution is 5.77. The summed E-state index contributed by atoms with van der Waals surface area (Å²) in [7, 11) is 1.48. The lowest BCUT2D eigenvalue weighted by atomic mass is 10.0. The fourth-order valence-electron chi connectivity index (χ4n) is 3.76. The molecule has 0 spiro atoms. The van der Waals surface area contributed by atoms with Crippen molar-refractivity contribution in [2.45, 2.75) is 45.8 Å². The number of ether oxygens (including phenoxy) is 1. The largest absolute Gasteiger partial charge is 0.375 e. The topological polar surface area (TPSA) is 72.3 Å². The lowest BCUT2D eigenvalue weighted by Gasteiger charge is -2.22. The van der Waals surface area contributed by atoms with Crippen LogP contribution >= 0.6 is 0 Å². The predicted molar refractivity (Wildman–Crippen MR) is 108 cm³/mol. The molecule has 0 radical (unpaired) electrons. The molecule has 2 heterocycles. The maximum absolute atomic E-state index is 14.0. The number of methoxy groups -OCH3 is 1. The molecule has 2 aromatic rings. The Labute approximate surface area is 175 Å². The van der Waals surface area contributed by atoms with E-state index in [2.05, 4.69) is 38.8 Å². The van der Waals surface area contributed by atoms with Gasteiger partial charge in [-0.1, -0.05) is 19.9 Å². The number of nitrogens with zero attached hydrogens (tertiary/aromatic N) is 4. The van der Waals surface area contributed by atoms with E-state index in [0.717, 1.165) is 24.1 Å². The van der Waals surface area contributed by atoms with Gasteiger partial charge in [0.25, 0.3) is 0 Å². The first-order valence-electron chi connectivity index (χ1n) is 10.2. The van der Waals surface area contributed by atoms with Crippen LogP contribution in [0.3, 0.4) is 0 Å². The third-order valence-electron chi connectivity index (χ3n) is 5.19. The fourth-order valence-corrected chi connectivity index (χ4v) is 3.76. The molecular formula is C21H29F2N5O2. The molecule has 1 atom stereocenters. The minimum absolute atomic E-state index is 0.00734. The van der Waals surface area contributed by atoms with Gasteiger partial charge in [0.2, 0.25) is 5.91 Å². The second kappa shape index (κ2) is 10.1. The predicted octanol–water partition coefficient (Wildman–Crippen LogP) is 2.46. The number of fused-ring (bicyclic) bond motifs is 1. The number of rotatable bonds is 8. The molecule has 0 aliphatic carbocycles. The molecule has 1 aromatic carbocycles. The van der Waals surface area contributed by atoms with Crippen molar-refractivity contribution >= 4 is 5.91 Å². The third kappa shape index (κ3) is 5.60. The van der Waals surface area contributed by atoms with Gasteiger partial charge in [-0.2, -0.15) is 0 Å². The van der Waals surface area contributed by atoms with Gasteiger partial charge in [-0.15, -0.1) is 10.2 Å². The van der Waals surface area contributed by atoms with E-state index >= 15 is 0 Å². The summed E-state index contributed by atoms with van der Waals surface area (Å²) in [4.78, 5) is 14.2. The smallest absolute Gasteiger partial charge is 0.246 e. The summed E-state index contributed by atoms with van der Waals surface area (Å²) < 4.78 is 34.2. The Kier molecular flexibility index (Phi) is 7.49. The molecule has 1 N–H and O–H groups in total. The van der Waals surface area contributed by atoms with Crippen molar-refractivity contribution in [3.63, 3.8) is 0 Å². The van der Waals surface area contributed by atoms with Crippen molar-refractivity contribution in [3.8, 4) is 0 Å². The summed E-state index contributed by atoms with van der Waals surface area (Å²) >= 11 is 0. The lowest BCUT2D eigenvalue weighted by molar-refractivity contribution is -0.125. The highest BCUT2D eigenvalue weighted by atomic mass is 19.1. The molecular weight excluding hydrogens is 392 g/mol. The number of halogens is 2. The third-order valence-corrected chi connectivity index (χ3v) is 5.19. The van der Waals surface area contributed by atoms with Gasteiger partial charge in [-0.3, -0.25) is 9.69 Å². The Balaban J connectivity index is 1.73. The zero-order chi connectivity index (χ0) is 21.7. The van der Waals surface area contributed by atoms with Crippen molar-refractivity contribution in [1.29, 1.82) is 0 Å². The molecule has 1 aliphatic heterocycles.